The second kappa shape index (κ2) is 10.4. The van der Waals surface area contributed by atoms with E-state index in [1.54, 1.807) is 19.1 Å². The molecule has 3 rings (SSSR count). The average Bonchev–Trinajstić information content (AvgIpc) is 2.73. The molecule has 0 heterocycles. The summed E-state index contributed by atoms with van der Waals surface area (Å²) >= 11 is 12.0. The van der Waals surface area contributed by atoms with E-state index >= 15 is 0 Å². The molecule has 6 nitrogen and oxygen atoms in total. The molecule has 3 aromatic rings. The summed E-state index contributed by atoms with van der Waals surface area (Å²) in [5.41, 5.74) is 1.89. The minimum Gasteiger partial charge on any atom is -0.495 e. The molecule has 0 saturated carbocycles. The summed E-state index contributed by atoms with van der Waals surface area (Å²) in [6.07, 6.45) is 0.133. The van der Waals surface area contributed by atoms with Gasteiger partial charge in [-0.3, -0.25) is 4.79 Å². The molecule has 0 aromatic heterocycles. The number of anilines is 1. The van der Waals surface area contributed by atoms with Crippen molar-refractivity contribution in [2.75, 3.05) is 12.4 Å². The maximum Gasteiger partial charge on any atom is 0.245 e. The van der Waals surface area contributed by atoms with E-state index in [4.69, 9.17) is 27.9 Å². The summed E-state index contributed by atoms with van der Waals surface area (Å²) in [4.78, 5) is 13.1. The number of aryl methyl sites for hydroxylation is 1. The highest BCUT2D eigenvalue weighted by Gasteiger charge is 2.28. The lowest BCUT2D eigenvalue weighted by molar-refractivity contribution is -0.117. The summed E-state index contributed by atoms with van der Waals surface area (Å²) in [5.74, 6) is -0.369. The zero-order valence-electron chi connectivity index (χ0n) is 17.4. The quantitative estimate of drug-likeness (QED) is 0.471. The average molecular weight is 493 g/mol. The number of ether oxygens (including phenoxy) is 1. The lowest BCUT2D eigenvalue weighted by atomic mass is 10.1. The Morgan fingerprint density at radius 1 is 1.00 bits per heavy atom. The number of hydrogen-bond donors (Lipinski definition) is 2. The van der Waals surface area contributed by atoms with Gasteiger partial charge in [0.05, 0.1) is 7.11 Å². The SMILES string of the molecule is COc1ccc(C)cc1S(=O)(=O)N[C@H](Cc1ccccc1)C(=O)Nc1cc(Cl)cc(Cl)c1. The maximum absolute atomic E-state index is 13.2. The van der Waals surface area contributed by atoms with E-state index < -0.39 is 22.0 Å². The van der Waals surface area contributed by atoms with Crippen LogP contribution in [-0.2, 0) is 21.2 Å². The van der Waals surface area contributed by atoms with Gasteiger partial charge in [0.2, 0.25) is 15.9 Å². The van der Waals surface area contributed by atoms with Crippen molar-refractivity contribution in [1.82, 2.24) is 4.72 Å². The number of amides is 1. The molecule has 1 atom stereocenters. The summed E-state index contributed by atoms with van der Waals surface area (Å²) in [5, 5.41) is 3.38. The predicted molar refractivity (Wildman–Crippen MR) is 127 cm³/mol. The highest BCUT2D eigenvalue weighted by atomic mass is 35.5. The molecular formula is C23H22Cl2N2O4S. The van der Waals surface area contributed by atoms with Crippen LogP contribution in [0.25, 0.3) is 0 Å². The number of sulfonamides is 1. The largest absolute Gasteiger partial charge is 0.495 e. The standard InChI is InChI=1S/C23H22Cl2N2O4S/c1-15-8-9-21(31-2)22(10-15)32(29,30)27-20(11-16-6-4-3-5-7-16)23(28)26-19-13-17(24)12-18(25)14-19/h3-10,12-14,20,27H,11H2,1-2H3,(H,26,28)/t20-/m1/s1. The molecule has 9 heteroatoms. The minimum absolute atomic E-state index is 0.0448. The van der Waals surface area contributed by atoms with Gasteiger partial charge in [-0.05, 0) is 54.8 Å². The van der Waals surface area contributed by atoms with Gasteiger partial charge >= 0.3 is 0 Å². The Labute approximate surface area is 197 Å². The topological polar surface area (TPSA) is 84.5 Å². The van der Waals surface area contributed by atoms with Crippen LogP contribution in [0.4, 0.5) is 5.69 Å². The molecule has 3 aromatic carbocycles. The Balaban J connectivity index is 1.93. The van der Waals surface area contributed by atoms with Crippen LogP contribution in [0.5, 0.6) is 5.75 Å². The number of hydrogen-bond acceptors (Lipinski definition) is 4. The molecule has 1 amide bonds. The molecule has 0 fully saturated rings. The normalized spacial score (nSPS) is 12.2. The number of carbonyl (C=O) groups is 1. The van der Waals surface area contributed by atoms with E-state index in [1.807, 2.05) is 30.3 Å². The van der Waals surface area contributed by atoms with Crippen LogP contribution < -0.4 is 14.8 Å². The molecule has 0 aliphatic carbocycles. The fourth-order valence-electron chi connectivity index (χ4n) is 3.14. The van der Waals surface area contributed by atoms with Gasteiger partial charge < -0.3 is 10.1 Å². The first-order valence-electron chi connectivity index (χ1n) is 9.66. The van der Waals surface area contributed by atoms with Gasteiger partial charge in [0.15, 0.2) is 0 Å². The monoisotopic (exact) mass is 492 g/mol. The molecule has 0 saturated heterocycles. The molecular weight excluding hydrogens is 471 g/mol. The smallest absolute Gasteiger partial charge is 0.245 e. The van der Waals surface area contributed by atoms with E-state index in [0.29, 0.717) is 15.7 Å². The van der Waals surface area contributed by atoms with Gasteiger partial charge in [-0.15, -0.1) is 0 Å². The van der Waals surface area contributed by atoms with Crippen LogP contribution in [0.15, 0.2) is 71.6 Å². The van der Waals surface area contributed by atoms with Crippen LogP contribution in [0.3, 0.4) is 0 Å². The second-order valence-electron chi connectivity index (χ2n) is 7.17. The third kappa shape index (κ3) is 6.23. The number of nitrogens with one attached hydrogen (secondary N) is 2. The van der Waals surface area contributed by atoms with Gasteiger partial charge in [0, 0.05) is 15.7 Å². The number of halogens is 2. The summed E-state index contributed by atoms with van der Waals surface area (Å²) in [6.45, 7) is 1.77. The van der Waals surface area contributed by atoms with Crippen molar-refractivity contribution in [3.8, 4) is 5.75 Å². The van der Waals surface area contributed by atoms with E-state index in [1.165, 1.54) is 31.4 Å². The molecule has 0 spiro atoms. The van der Waals surface area contributed by atoms with Crippen LogP contribution in [0.2, 0.25) is 10.0 Å². The zero-order chi connectivity index (χ0) is 23.3. The second-order valence-corrected chi connectivity index (χ2v) is 9.72. The first kappa shape index (κ1) is 24.1. The van der Waals surface area contributed by atoms with Crippen molar-refractivity contribution >= 4 is 44.8 Å². The molecule has 0 radical (unpaired) electrons. The molecule has 32 heavy (non-hydrogen) atoms. The van der Waals surface area contributed by atoms with E-state index in [9.17, 15) is 13.2 Å². The maximum atomic E-state index is 13.2. The van der Waals surface area contributed by atoms with Crippen molar-refractivity contribution in [3.05, 3.63) is 87.9 Å². The first-order valence-corrected chi connectivity index (χ1v) is 11.9. The minimum atomic E-state index is -4.09. The highest BCUT2D eigenvalue weighted by molar-refractivity contribution is 7.89. The summed E-state index contributed by atoms with van der Waals surface area (Å²) < 4.78 is 34.2. The fraction of sp³-hybridized carbons (Fsp3) is 0.174. The lowest BCUT2D eigenvalue weighted by Gasteiger charge is -2.20. The van der Waals surface area contributed by atoms with Gasteiger partial charge in [0.25, 0.3) is 0 Å². The lowest BCUT2D eigenvalue weighted by Crippen LogP contribution is -2.45. The van der Waals surface area contributed by atoms with Crippen molar-refractivity contribution in [2.45, 2.75) is 24.3 Å². The highest BCUT2D eigenvalue weighted by Crippen LogP contribution is 2.26. The Kier molecular flexibility index (Phi) is 7.79. The van der Waals surface area contributed by atoms with Crippen LogP contribution in [0.1, 0.15) is 11.1 Å². The molecule has 168 valence electrons. The van der Waals surface area contributed by atoms with Crippen LogP contribution >= 0.6 is 23.2 Å². The molecule has 0 unspecified atom stereocenters. The van der Waals surface area contributed by atoms with E-state index in [2.05, 4.69) is 10.0 Å². The summed E-state index contributed by atoms with van der Waals surface area (Å²) in [7, 11) is -2.70. The third-order valence-electron chi connectivity index (χ3n) is 4.64. The Morgan fingerprint density at radius 3 is 2.28 bits per heavy atom. The molecule has 0 aliphatic heterocycles. The van der Waals surface area contributed by atoms with Gasteiger partial charge in [-0.25, -0.2) is 8.42 Å². The zero-order valence-corrected chi connectivity index (χ0v) is 19.8. The number of methoxy groups -OCH3 is 1. The van der Waals surface area contributed by atoms with Gasteiger partial charge in [-0.1, -0.05) is 59.6 Å². The number of rotatable bonds is 8. The summed E-state index contributed by atoms with van der Waals surface area (Å²) in [6, 6.07) is 17.4. The van der Waals surface area contributed by atoms with Gasteiger partial charge in [-0.2, -0.15) is 4.72 Å². The van der Waals surface area contributed by atoms with Crippen molar-refractivity contribution in [3.63, 3.8) is 0 Å². The Hall–Kier alpha value is -2.58. The number of benzene rings is 3. The van der Waals surface area contributed by atoms with Crippen LogP contribution in [-0.4, -0.2) is 27.5 Å². The van der Waals surface area contributed by atoms with E-state index in [0.717, 1.165) is 11.1 Å². The fourth-order valence-corrected chi connectivity index (χ4v) is 5.11. The third-order valence-corrected chi connectivity index (χ3v) is 6.56. The Morgan fingerprint density at radius 2 is 1.66 bits per heavy atom. The van der Waals surface area contributed by atoms with Crippen molar-refractivity contribution in [1.29, 1.82) is 0 Å². The van der Waals surface area contributed by atoms with Crippen molar-refractivity contribution in [2.24, 2.45) is 0 Å². The number of carbonyl (C=O) groups excluding carboxylic acids is 1. The van der Waals surface area contributed by atoms with E-state index in [-0.39, 0.29) is 17.1 Å². The Bertz CT molecular complexity index is 1200. The first-order chi connectivity index (χ1) is 15.2. The van der Waals surface area contributed by atoms with Crippen molar-refractivity contribution < 1.29 is 17.9 Å². The molecule has 2 N–H and O–H groups in total. The predicted octanol–water partition coefficient (Wildman–Crippen LogP) is 4.84. The molecule has 0 bridgehead atoms. The van der Waals surface area contributed by atoms with Gasteiger partial charge in [0.1, 0.15) is 16.7 Å². The molecule has 0 aliphatic rings. The van der Waals surface area contributed by atoms with Crippen LogP contribution in [0, 0.1) is 6.92 Å².